The lowest BCUT2D eigenvalue weighted by molar-refractivity contribution is -0.125. The van der Waals surface area contributed by atoms with E-state index in [1.165, 1.54) is 4.90 Å². The number of nitrogens with one attached hydrogen (secondary N) is 1. The maximum Gasteiger partial charge on any atom is 0.289 e. The first-order chi connectivity index (χ1) is 10.3. The third-order valence-electron chi connectivity index (χ3n) is 3.07. The van der Waals surface area contributed by atoms with Crippen LogP contribution in [0.25, 0.3) is 0 Å². The number of thioether (sulfide) groups is 1. The smallest absolute Gasteiger partial charge is 0.289 e. The van der Waals surface area contributed by atoms with Gasteiger partial charge < -0.3 is 11.1 Å². The van der Waals surface area contributed by atoms with Gasteiger partial charge in [-0.2, -0.15) is 0 Å². The van der Waals surface area contributed by atoms with Gasteiger partial charge in [-0.05, 0) is 31.5 Å². The molecule has 6 nitrogen and oxygen atoms in total. The summed E-state index contributed by atoms with van der Waals surface area (Å²) in [5, 5.41) is 2.52. The van der Waals surface area contributed by atoms with Crippen LogP contribution in [0.3, 0.4) is 0 Å². The Kier molecular flexibility index (Phi) is 6.61. The van der Waals surface area contributed by atoms with Crippen LogP contribution in [0.15, 0.2) is 24.3 Å². The molecule has 1 saturated heterocycles. The Labute approximate surface area is 145 Å². The predicted octanol–water partition coefficient (Wildman–Crippen LogP) is 1.77. The summed E-state index contributed by atoms with van der Waals surface area (Å²) in [4.78, 5) is 36.5. The van der Waals surface area contributed by atoms with E-state index in [9.17, 15) is 14.4 Å². The molecular weight excluding hydrogens is 338 g/mol. The minimum Gasteiger partial charge on any atom is -0.350 e. The van der Waals surface area contributed by atoms with E-state index in [-0.39, 0.29) is 41.8 Å². The van der Waals surface area contributed by atoms with E-state index >= 15 is 0 Å². The normalized spacial score (nSPS) is 14.7. The van der Waals surface area contributed by atoms with Crippen LogP contribution in [-0.2, 0) is 11.3 Å². The van der Waals surface area contributed by atoms with Crippen LogP contribution in [0.1, 0.15) is 29.8 Å². The highest BCUT2D eigenvalue weighted by atomic mass is 35.5. The number of amides is 3. The second kappa shape index (κ2) is 7.81. The molecule has 1 fully saturated rings. The van der Waals surface area contributed by atoms with Crippen molar-refractivity contribution >= 4 is 41.2 Å². The van der Waals surface area contributed by atoms with Gasteiger partial charge in [0.25, 0.3) is 11.1 Å². The van der Waals surface area contributed by atoms with E-state index in [0.717, 1.165) is 17.3 Å². The number of rotatable bonds is 5. The quantitative estimate of drug-likeness (QED) is 0.837. The third kappa shape index (κ3) is 5.53. The second-order valence-corrected chi connectivity index (χ2v) is 6.83. The number of carbonyl (C=O) groups excluding carboxylic acids is 3. The van der Waals surface area contributed by atoms with Gasteiger partial charge >= 0.3 is 0 Å². The lowest BCUT2D eigenvalue weighted by atomic mass is 10.1. The summed E-state index contributed by atoms with van der Waals surface area (Å²) in [6, 6.07) is 6.89. The molecule has 0 bridgehead atoms. The summed E-state index contributed by atoms with van der Waals surface area (Å²) in [7, 11) is 0. The highest BCUT2D eigenvalue weighted by Gasteiger charge is 2.29. The summed E-state index contributed by atoms with van der Waals surface area (Å²) in [5.41, 5.74) is 6.57. The van der Waals surface area contributed by atoms with E-state index in [1.807, 2.05) is 13.8 Å². The van der Waals surface area contributed by atoms with Gasteiger partial charge in [0, 0.05) is 17.6 Å². The molecule has 3 N–H and O–H groups in total. The Bertz CT molecular complexity index is 600. The topological polar surface area (TPSA) is 92.5 Å². The molecule has 0 radical (unpaired) electrons. The maximum atomic E-state index is 12.1. The zero-order chi connectivity index (χ0) is 16.3. The minimum absolute atomic E-state index is 0. The highest BCUT2D eigenvalue weighted by molar-refractivity contribution is 8.14. The van der Waals surface area contributed by atoms with Gasteiger partial charge in [0.1, 0.15) is 0 Å². The molecule has 0 spiro atoms. The fraction of sp³-hybridized carbons (Fsp3) is 0.400. The van der Waals surface area contributed by atoms with Gasteiger partial charge in [-0.15, -0.1) is 12.4 Å². The molecule has 1 heterocycles. The maximum absolute atomic E-state index is 12.1. The zero-order valence-electron chi connectivity index (χ0n) is 13.0. The van der Waals surface area contributed by atoms with E-state index in [4.69, 9.17) is 5.73 Å². The van der Waals surface area contributed by atoms with Gasteiger partial charge in [0.05, 0.1) is 12.3 Å². The van der Waals surface area contributed by atoms with Gasteiger partial charge in [0.15, 0.2) is 0 Å². The van der Waals surface area contributed by atoms with Crippen molar-refractivity contribution in [3.63, 3.8) is 0 Å². The largest absolute Gasteiger partial charge is 0.350 e. The molecule has 1 aliphatic rings. The highest BCUT2D eigenvalue weighted by Crippen LogP contribution is 2.21. The number of carbonyl (C=O) groups is 3. The van der Waals surface area contributed by atoms with Gasteiger partial charge in [-0.25, -0.2) is 0 Å². The first kappa shape index (κ1) is 19.5. The Morgan fingerprint density at radius 2 is 2.09 bits per heavy atom. The first-order valence-electron chi connectivity index (χ1n) is 6.89. The van der Waals surface area contributed by atoms with Crippen LogP contribution in [0, 0.1) is 0 Å². The Morgan fingerprint density at radius 1 is 1.39 bits per heavy atom. The van der Waals surface area contributed by atoms with Crippen molar-refractivity contribution in [3.05, 3.63) is 35.4 Å². The molecule has 0 atom stereocenters. The molecule has 3 amide bonds. The molecule has 8 heteroatoms. The third-order valence-corrected chi connectivity index (χ3v) is 3.93. The summed E-state index contributed by atoms with van der Waals surface area (Å²) in [6.07, 6.45) is 0. The van der Waals surface area contributed by atoms with Crippen molar-refractivity contribution in [2.45, 2.75) is 25.9 Å². The lowest BCUT2D eigenvalue weighted by Gasteiger charge is -2.19. The number of hydrogen-bond donors (Lipinski definition) is 2. The average molecular weight is 358 g/mol. The summed E-state index contributed by atoms with van der Waals surface area (Å²) >= 11 is 0.998. The monoisotopic (exact) mass is 357 g/mol. The molecule has 23 heavy (non-hydrogen) atoms. The molecule has 0 saturated carbocycles. The summed E-state index contributed by atoms with van der Waals surface area (Å²) in [5.74, 6) is -0.242. The minimum atomic E-state index is -0.487. The SMILES string of the molecule is CC(C)(N)CNC(=O)c1cccc(CN2C(=O)CSC2=O)c1.Cl. The molecule has 1 aromatic rings. The van der Waals surface area contributed by atoms with E-state index < -0.39 is 5.54 Å². The van der Waals surface area contributed by atoms with Gasteiger partial charge in [0.2, 0.25) is 5.91 Å². The van der Waals surface area contributed by atoms with E-state index in [2.05, 4.69) is 5.32 Å². The fourth-order valence-corrected chi connectivity index (χ4v) is 2.66. The first-order valence-corrected chi connectivity index (χ1v) is 7.88. The van der Waals surface area contributed by atoms with Crippen molar-refractivity contribution in [3.8, 4) is 0 Å². The van der Waals surface area contributed by atoms with Crippen LogP contribution in [-0.4, -0.2) is 39.8 Å². The fourth-order valence-electron chi connectivity index (χ4n) is 1.94. The number of benzene rings is 1. The molecule has 1 aliphatic heterocycles. The standard InChI is InChI=1S/C15H19N3O3S.ClH/c1-15(2,16)9-17-13(20)11-5-3-4-10(6-11)7-18-12(19)8-22-14(18)21;/h3-6H,7-9,16H2,1-2H3,(H,17,20);1H. The molecular formula is C15H20ClN3O3S. The van der Waals surface area contributed by atoms with Crippen LogP contribution < -0.4 is 11.1 Å². The molecule has 2 rings (SSSR count). The van der Waals surface area contributed by atoms with Crippen molar-refractivity contribution in [1.82, 2.24) is 10.2 Å². The molecule has 0 unspecified atom stereocenters. The predicted molar refractivity (Wildman–Crippen MR) is 92.7 cm³/mol. The number of imide groups is 1. The van der Waals surface area contributed by atoms with Crippen molar-refractivity contribution in [2.75, 3.05) is 12.3 Å². The average Bonchev–Trinajstić information content (AvgIpc) is 2.76. The van der Waals surface area contributed by atoms with Crippen LogP contribution in [0.4, 0.5) is 4.79 Å². The van der Waals surface area contributed by atoms with Crippen molar-refractivity contribution in [2.24, 2.45) is 5.73 Å². The van der Waals surface area contributed by atoms with Gasteiger partial charge in [-0.1, -0.05) is 23.9 Å². The number of nitrogens with two attached hydrogens (primary N) is 1. The Hall–Kier alpha value is -1.57. The molecule has 126 valence electrons. The van der Waals surface area contributed by atoms with Crippen LogP contribution >= 0.6 is 24.2 Å². The van der Waals surface area contributed by atoms with Crippen molar-refractivity contribution < 1.29 is 14.4 Å². The van der Waals surface area contributed by atoms with Crippen LogP contribution in [0.2, 0.25) is 0 Å². The summed E-state index contributed by atoms with van der Waals surface area (Å²) < 4.78 is 0. The number of hydrogen-bond acceptors (Lipinski definition) is 5. The number of halogens is 1. The number of nitrogens with zero attached hydrogens (tertiary/aromatic N) is 1. The van der Waals surface area contributed by atoms with Gasteiger partial charge in [-0.3, -0.25) is 19.3 Å². The second-order valence-electron chi connectivity index (χ2n) is 5.91. The Morgan fingerprint density at radius 3 is 2.65 bits per heavy atom. The molecule has 0 aliphatic carbocycles. The Balaban J connectivity index is 0.00000264. The zero-order valence-corrected chi connectivity index (χ0v) is 14.6. The van der Waals surface area contributed by atoms with Crippen molar-refractivity contribution in [1.29, 1.82) is 0 Å². The summed E-state index contributed by atoms with van der Waals surface area (Å²) in [6.45, 7) is 4.20. The van der Waals surface area contributed by atoms with E-state index in [1.54, 1.807) is 24.3 Å². The van der Waals surface area contributed by atoms with E-state index in [0.29, 0.717) is 12.1 Å². The molecule has 1 aromatic carbocycles. The van der Waals surface area contributed by atoms with Crippen LogP contribution in [0.5, 0.6) is 0 Å². The molecule has 0 aromatic heterocycles. The lowest BCUT2D eigenvalue weighted by Crippen LogP contribution is -2.45.